The molecule has 1 atom stereocenters. The molecule has 1 aromatic rings. The molecule has 3 nitrogen and oxygen atoms in total. The largest absolute Gasteiger partial charge is 0.491 e. The molecule has 1 unspecified atom stereocenters. The number of rotatable bonds is 6. The first-order chi connectivity index (χ1) is 9.59. The first-order valence-corrected chi connectivity index (χ1v) is 7.66. The van der Waals surface area contributed by atoms with E-state index in [1.165, 1.54) is 0 Å². The van der Waals surface area contributed by atoms with Gasteiger partial charge in [-0.2, -0.15) is 0 Å². The van der Waals surface area contributed by atoms with Crippen molar-refractivity contribution in [2.24, 2.45) is 0 Å². The first kappa shape index (κ1) is 15.3. The minimum absolute atomic E-state index is 0.0926. The Labute approximate surface area is 121 Å². The number of para-hydroxylation sites is 1. The van der Waals surface area contributed by atoms with Crippen LogP contribution in [-0.2, 0) is 4.74 Å². The van der Waals surface area contributed by atoms with E-state index in [9.17, 15) is 5.11 Å². The van der Waals surface area contributed by atoms with Crippen molar-refractivity contribution in [3.8, 4) is 5.75 Å². The Morgan fingerprint density at radius 2 is 1.85 bits per heavy atom. The Morgan fingerprint density at radius 3 is 2.45 bits per heavy atom. The minimum atomic E-state index is -0.625. The maximum Gasteiger partial charge on any atom is 0.125 e. The van der Waals surface area contributed by atoms with Crippen LogP contribution >= 0.6 is 0 Å². The molecule has 0 amide bonds. The predicted octanol–water partition coefficient (Wildman–Crippen LogP) is 3.86. The monoisotopic (exact) mass is 278 g/mol. The van der Waals surface area contributed by atoms with Crippen molar-refractivity contribution in [1.82, 2.24) is 0 Å². The van der Waals surface area contributed by atoms with Gasteiger partial charge in [-0.3, -0.25) is 0 Å². The zero-order valence-corrected chi connectivity index (χ0v) is 12.8. The molecule has 0 bridgehead atoms. The first-order valence-electron chi connectivity index (χ1n) is 7.66. The molecule has 2 rings (SSSR count). The van der Waals surface area contributed by atoms with E-state index in [1.807, 2.05) is 45.0 Å². The van der Waals surface area contributed by atoms with Gasteiger partial charge in [-0.05, 0) is 39.7 Å². The lowest BCUT2D eigenvalue weighted by molar-refractivity contribution is -0.119. The molecule has 1 aliphatic carbocycles. The highest BCUT2D eigenvalue weighted by atomic mass is 16.5. The molecule has 0 aliphatic heterocycles. The van der Waals surface area contributed by atoms with Gasteiger partial charge in [0.1, 0.15) is 11.9 Å². The van der Waals surface area contributed by atoms with Crippen molar-refractivity contribution in [2.45, 2.75) is 64.3 Å². The molecule has 1 N–H and O–H groups in total. The summed E-state index contributed by atoms with van der Waals surface area (Å²) in [6, 6.07) is 7.75. The van der Waals surface area contributed by atoms with Crippen LogP contribution in [0.4, 0.5) is 0 Å². The van der Waals surface area contributed by atoms with E-state index in [1.54, 1.807) is 0 Å². The average Bonchev–Trinajstić information content (AvgIpc) is 2.88. The van der Waals surface area contributed by atoms with Crippen LogP contribution in [0.15, 0.2) is 24.3 Å². The molecule has 0 heterocycles. The molecule has 0 saturated heterocycles. The normalized spacial score (nSPS) is 19.2. The fourth-order valence-electron chi connectivity index (χ4n) is 3.11. The van der Waals surface area contributed by atoms with Gasteiger partial charge < -0.3 is 14.6 Å². The van der Waals surface area contributed by atoms with E-state index >= 15 is 0 Å². The quantitative estimate of drug-likeness (QED) is 0.859. The Kier molecular flexibility index (Phi) is 5.06. The summed E-state index contributed by atoms with van der Waals surface area (Å²) in [5, 5.41) is 10.9. The molecule has 1 saturated carbocycles. The highest BCUT2D eigenvalue weighted by Crippen LogP contribution is 2.45. The van der Waals surface area contributed by atoms with Crippen molar-refractivity contribution >= 4 is 0 Å². The standard InChI is InChI=1S/C17H26O3/c1-4-19-17(11-7-8-12-17)16(18)14-9-5-6-10-15(14)20-13(2)3/h5-6,9-10,13,16,18H,4,7-8,11-12H2,1-3H3. The third-order valence-corrected chi connectivity index (χ3v) is 3.96. The number of aliphatic hydroxyl groups excluding tert-OH is 1. The number of hydrogen-bond acceptors (Lipinski definition) is 3. The summed E-state index contributed by atoms with van der Waals surface area (Å²) < 4.78 is 11.8. The lowest BCUT2D eigenvalue weighted by Crippen LogP contribution is -2.37. The maximum absolute atomic E-state index is 10.9. The fourth-order valence-corrected chi connectivity index (χ4v) is 3.11. The van der Waals surface area contributed by atoms with Crippen LogP contribution in [0.5, 0.6) is 5.75 Å². The van der Waals surface area contributed by atoms with Crippen LogP contribution in [0.1, 0.15) is 58.1 Å². The number of benzene rings is 1. The molecular weight excluding hydrogens is 252 g/mol. The van der Waals surface area contributed by atoms with Crippen molar-refractivity contribution in [3.63, 3.8) is 0 Å². The van der Waals surface area contributed by atoms with E-state index < -0.39 is 11.7 Å². The summed E-state index contributed by atoms with van der Waals surface area (Å²) in [7, 11) is 0. The van der Waals surface area contributed by atoms with E-state index in [2.05, 4.69) is 0 Å². The van der Waals surface area contributed by atoms with Crippen molar-refractivity contribution in [2.75, 3.05) is 6.61 Å². The molecule has 0 aromatic heterocycles. The van der Waals surface area contributed by atoms with Gasteiger partial charge in [0.2, 0.25) is 0 Å². The summed E-state index contributed by atoms with van der Waals surface area (Å²) in [5.74, 6) is 0.765. The second kappa shape index (κ2) is 6.59. The van der Waals surface area contributed by atoms with E-state index in [0.29, 0.717) is 6.61 Å². The summed E-state index contributed by atoms with van der Waals surface area (Å²) in [6.45, 7) is 6.61. The lowest BCUT2D eigenvalue weighted by Gasteiger charge is -2.35. The van der Waals surface area contributed by atoms with Gasteiger partial charge in [-0.25, -0.2) is 0 Å². The lowest BCUT2D eigenvalue weighted by atomic mass is 9.88. The Hall–Kier alpha value is -1.06. The van der Waals surface area contributed by atoms with Crippen molar-refractivity contribution < 1.29 is 14.6 Å². The van der Waals surface area contributed by atoms with Crippen molar-refractivity contribution in [1.29, 1.82) is 0 Å². The summed E-state index contributed by atoms with van der Waals surface area (Å²) in [4.78, 5) is 0. The molecule has 1 aliphatic rings. The van der Waals surface area contributed by atoms with Gasteiger partial charge in [0.25, 0.3) is 0 Å². The van der Waals surface area contributed by atoms with Gasteiger partial charge in [-0.15, -0.1) is 0 Å². The molecule has 112 valence electrons. The summed E-state index contributed by atoms with van der Waals surface area (Å²) in [6.07, 6.45) is 3.53. The topological polar surface area (TPSA) is 38.7 Å². The summed E-state index contributed by atoms with van der Waals surface area (Å²) >= 11 is 0. The molecule has 20 heavy (non-hydrogen) atoms. The van der Waals surface area contributed by atoms with Crippen LogP contribution in [-0.4, -0.2) is 23.4 Å². The molecule has 1 aromatic carbocycles. The Bertz CT molecular complexity index is 422. The van der Waals surface area contributed by atoms with E-state index in [-0.39, 0.29) is 6.10 Å². The van der Waals surface area contributed by atoms with Crippen LogP contribution < -0.4 is 4.74 Å². The average molecular weight is 278 g/mol. The third-order valence-electron chi connectivity index (χ3n) is 3.96. The third kappa shape index (κ3) is 3.15. The zero-order valence-electron chi connectivity index (χ0n) is 12.8. The molecule has 1 fully saturated rings. The smallest absolute Gasteiger partial charge is 0.125 e. The number of hydrogen-bond donors (Lipinski definition) is 1. The molecule has 0 spiro atoms. The SMILES string of the molecule is CCOC1(C(O)c2ccccc2OC(C)C)CCCC1. The highest BCUT2D eigenvalue weighted by molar-refractivity contribution is 5.37. The van der Waals surface area contributed by atoms with Crippen LogP contribution in [0.3, 0.4) is 0 Å². The second-order valence-electron chi connectivity index (χ2n) is 5.81. The van der Waals surface area contributed by atoms with E-state index in [4.69, 9.17) is 9.47 Å². The van der Waals surface area contributed by atoms with Gasteiger partial charge in [0.05, 0.1) is 11.7 Å². The van der Waals surface area contributed by atoms with Crippen LogP contribution in [0.2, 0.25) is 0 Å². The number of aliphatic hydroxyl groups is 1. The van der Waals surface area contributed by atoms with Gasteiger partial charge >= 0.3 is 0 Å². The molecular formula is C17H26O3. The van der Waals surface area contributed by atoms with Crippen molar-refractivity contribution in [3.05, 3.63) is 29.8 Å². The van der Waals surface area contributed by atoms with Gasteiger partial charge in [0.15, 0.2) is 0 Å². The van der Waals surface area contributed by atoms with E-state index in [0.717, 1.165) is 37.0 Å². The maximum atomic E-state index is 10.9. The van der Waals surface area contributed by atoms with Gasteiger partial charge in [0, 0.05) is 12.2 Å². The molecule has 3 heteroatoms. The van der Waals surface area contributed by atoms with Crippen LogP contribution in [0, 0.1) is 0 Å². The summed E-state index contributed by atoms with van der Waals surface area (Å²) in [5.41, 5.74) is 0.405. The van der Waals surface area contributed by atoms with Crippen LogP contribution in [0.25, 0.3) is 0 Å². The zero-order chi connectivity index (χ0) is 14.6. The second-order valence-corrected chi connectivity index (χ2v) is 5.81. The van der Waals surface area contributed by atoms with Gasteiger partial charge in [-0.1, -0.05) is 31.0 Å². The minimum Gasteiger partial charge on any atom is -0.491 e. The number of ether oxygens (including phenoxy) is 2. The molecule has 0 radical (unpaired) electrons. The highest BCUT2D eigenvalue weighted by Gasteiger charge is 2.43. The predicted molar refractivity (Wildman–Crippen MR) is 80.0 cm³/mol. The fraction of sp³-hybridized carbons (Fsp3) is 0.647. The Balaban J connectivity index is 2.29. The Morgan fingerprint density at radius 1 is 1.20 bits per heavy atom.